The molecule has 0 saturated carbocycles. The summed E-state index contributed by atoms with van der Waals surface area (Å²) in [6.45, 7) is 3.76. The number of esters is 1. The largest absolute Gasteiger partial charge is 0.465 e. The van der Waals surface area contributed by atoms with Crippen molar-refractivity contribution in [2.24, 2.45) is 0 Å². The van der Waals surface area contributed by atoms with Crippen LogP contribution in [0.2, 0.25) is 0 Å². The van der Waals surface area contributed by atoms with E-state index in [1.807, 2.05) is 19.9 Å². The molecule has 2 N–H and O–H groups in total. The van der Waals surface area contributed by atoms with Gasteiger partial charge in [0.05, 0.1) is 12.7 Å². The van der Waals surface area contributed by atoms with Crippen molar-refractivity contribution < 1.29 is 9.53 Å². The lowest BCUT2D eigenvalue weighted by Crippen LogP contribution is -2.07. The molecule has 0 bridgehead atoms. The third-order valence-electron chi connectivity index (χ3n) is 2.48. The van der Waals surface area contributed by atoms with Gasteiger partial charge in [-0.25, -0.2) is 4.79 Å². The van der Waals surface area contributed by atoms with E-state index in [-0.39, 0.29) is 0 Å². The van der Waals surface area contributed by atoms with Crippen LogP contribution in [0.25, 0.3) is 0 Å². The van der Waals surface area contributed by atoms with Crippen LogP contribution in [-0.2, 0) is 4.74 Å². The van der Waals surface area contributed by atoms with Gasteiger partial charge in [-0.1, -0.05) is 23.1 Å². The second kappa shape index (κ2) is 5.58. The molecule has 0 aliphatic rings. The summed E-state index contributed by atoms with van der Waals surface area (Å²) in [4.78, 5) is 12.6. The van der Waals surface area contributed by atoms with Gasteiger partial charge in [0.15, 0.2) is 4.34 Å². The Morgan fingerprint density at radius 3 is 2.68 bits per heavy atom. The number of carbonyl (C=O) groups excluding carboxylic acids is 1. The summed E-state index contributed by atoms with van der Waals surface area (Å²) >= 11 is 2.96. The Labute approximate surface area is 119 Å². The average molecular weight is 295 g/mol. The van der Waals surface area contributed by atoms with Crippen molar-refractivity contribution in [2.75, 3.05) is 12.8 Å². The van der Waals surface area contributed by atoms with Crippen LogP contribution in [0.3, 0.4) is 0 Å². The normalized spacial score (nSPS) is 10.5. The number of nitrogens with two attached hydrogens (primary N) is 1. The van der Waals surface area contributed by atoms with Crippen LogP contribution in [0, 0.1) is 13.8 Å². The van der Waals surface area contributed by atoms with Gasteiger partial charge in [0.1, 0.15) is 5.01 Å². The van der Waals surface area contributed by atoms with E-state index in [1.54, 1.807) is 6.07 Å². The molecule has 100 valence electrons. The highest BCUT2D eigenvalue weighted by Crippen LogP contribution is 2.33. The van der Waals surface area contributed by atoms with Gasteiger partial charge in [0.2, 0.25) is 0 Å². The van der Waals surface area contributed by atoms with E-state index in [9.17, 15) is 4.79 Å². The fraction of sp³-hybridized carbons (Fsp3) is 0.250. The molecular weight excluding hydrogens is 282 g/mol. The van der Waals surface area contributed by atoms with E-state index < -0.39 is 5.97 Å². The fourth-order valence-corrected chi connectivity index (χ4v) is 3.45. The van der Waals surface area contributed by atoms with E-state index in [2.05, 4.69) is 10.2 Å². The van der Waals surface area contributed by atoms with E-state index >= 15 is 0 Å². The Morgan fingerprint density at radius 2 is 2.11 bits per heavy atom. The summed E-state index contributed by atoms with van der Waals surface area (Å²) in [5.41, 5.74) is 7.56. The van der Waals surface area contributed by atoms with Crippen LogP contribution in [0.1, 0.15) is 20.9 Å². The number of hydrogen-bond acceptors (Lipinski definition) is 7. The van der Waals surface area contributed by atoms with Crippen molar-refractivity contribution in [2.45, 2.75) is 23.1 Å². The highest BCUT2D eigenvalue weighted by molar-refractivity contribution is 8.01. The van der Waals surface area contributed by atoms with Crippen LogP contribution in [-0.4, -0.2) is 23.3 Å². The van der Waals surface area contributed by atoms with Gasteiger partial charge < -0.3 is 10.5 Å². The first-order valence-corrected chi connectivity index (χ1v) is 7.11. The Morgan fingerprint density at radius 1 is 1.37 bits per heavy atom. The number of benzene rings is 1. The lowest BCUT2D eigenvalue weighted by Gasteiger charge is -2.09. The van der Waals surface area contributed by atoms with Crippen molar-refractivity contribution in [1.82, 2.24) is 10.2 Å². The molecule has 0 spiro atoms. The molecule has 19 heavy (non-hydrogen) atoms. The third kappa shape index (κ3) is 3.05. The summed E-state index contributed by atoms with van der Waals surface area (Å²) in [6, 6.07) is 3.64. The van der Waals surface area contributed by atoms with E-state index in [0.29, 0.717) is 11.3 Å². The predicted octanol–water partition coefficient (Wildman–Crippen LogP) is 2.67. The molecule has 1 heterocycles. The Bertz CT molecular complexity index is 625. The average Bonchev–Trinajstić information content (AvgIpc) is 2.78. The van der Waals surface area contributed by atoms with Gasteiger partial charge in [-0.05, 0) is 31.5 Å². The molecule has 0 aliphatic heterocycles. The lowest BCUT2D eigenvalue weighted by molar-refractivity contribution is 0.0601. The number of carbonyl (C=O) groups is 1. The van der Waals surface area contributed by atoms with Crippen LogP contribution in [0.5, 0.6) is 0 Å². The van der Waals surface area contributed by atoms with Gasteiger partial charge >= 0.3 is 5.97 Å². The number of methoxy groups -OCH3 is 1. The first-order chi connectivity index (χ1) is 9.01. The second-order valence-corrected chi connectivity index (χ2v) is 6.38. The molecule has 0 amide bonds. The molecule has 0 saturated heterocycles. The fourth-order valence-electron chi connectivity index (χ4n) is 1.52. The topological polar surface area (TPSA) is 78.1 Å². The van der Waals surface area contributed by atoms with Gasteiger partial charge in [0.25, 0.3) is 0 Å². The lowest BCUT2D eigenvalue weighted by atomic mass is 10.1. The summed E-state index contributed by atoms with van der Waals surface area (Å²) in [5, 5.41) is 8.91. The van der Waals surface area contributed by atoms with Crippen LogP contribution in [0.15, 0.2) is 21.4 Å². The van der Waals surface area contributed by atoms with Crippen molar-refractivity contribution >= 4 is 34.8 Å². The number of rotatable bonds is 3. The van der Waals surface area contributed by atoms with Crippen LogP contribution >= 0.6 is 23.1 Å². The standard InChI is InChI=1S/C12H13N3O2S2/c1-6-4-8(19-12-15-14-7(2)18-12)5-9(10(6)13)11(16)17-3/h4-5H,13H2,1-3H3. The minimum Gasteiger partial charge on any atom is -0.465 e. The Hall–Kier alpha value is -1.60. The summed E-state index contributed by atoms with van der Waals surface area (Å²) < 4.78 is 5.56. The van der Waals surface area contributed by atoms with Crippen molar-refractivity contribution in [3.63, 3.8) is 0 Å². The number of hydrogen-bond donors (Lipinski definition) is 1. The van der Waals surface area contributed by atoms with Crippen LogP contribution < -0.4 is 5.73 Å². The Kier molecular flexibility index (Phi) is 4.06. The number of ether oxygens (including phenoxy) is 1. The monoisotopic (exact) mass is 295 g/mol. The molecule has 0 fully saturated rings. The zero-order valence-electron chi connectivity index (χ0n) is 10.8. The van der Waals surface area contributed by atoms with Crippen molar-refractivity contribution in [3.05, 3.63) is 28.3 Å². The van der Waals surface area contributed by atoms with E-state index in [1.165, 1.54) is 30.2 Å². The maximum atomic E-state index is 11.7. The van der Waals surface area contributed by atoms with E-state index in [4.69, 9.17) is 10.5 Å². The minimum atomic E-state index is -0.434. The first-order valence-electron chi connectivity index (χ1n) is 5.47. The molecule has 1 aromatic heterocycles. The molecule has 2 rings (SSSR count). The smallest absolute Gasteiger partial charge is 0.340 e. The third-order valence-corrected chi connectivity index (χ3v) is 4.34. The zero-order chi connectivity index (χ0) is 14.0. The first kappa shape index (κ1) is 13.8. The maximum absolute atomic E-state index is 11.7. The number of nitrogen functional groups attached to an aromatic ring is 1. The predicted molar refractivity (Wildman–Crippen MR) is 75.7 cm³/mol. The SMILES string of the molecule is COC(=O)c1cc(Sc2nnc(C)s2)cc(C)c1N. The minimum absolute atomic E-state index is 0.381. The molecule has 0 atom stereocenters. The molecular formula is C12H13N3O2S2. The summed E-state index contributed by atoms with van der Waals surface area (Å²) in [5.74, 6) is -0.434. The zero-order valence-corrected chi connectivity index (χ0v) is 12.4. The highest BCUT2D eigenvalue weighted by Gasteiger charge is 2.14. The molecule has 7 heteroatoms. The van der Waals surface area contributed by atoms with Gasteiger partial charge in [-0.3, -0.25) is 0 Å². The highest BCUT2D eigenvalue weighted by atomic mass is 32.2. The maximum Gasteiger partial charge on any atom is 0.340 e. The van der Waals surface area contributed by atoms with E-state index in [0.717, 1.165) is 19.8 Å². The van der Waals surface area contributed by atoms with Gasteiger partial charge in [-0.15, -0.1) is 10.2 Å². The molecule has 0 unspecified atom stereocenters. The molecule has 2 aromatic rings. The second-order valence-electron chi connectivity index (χ2n) is 3.88. The number of aromatic nitrogens is 2. The summed E-state index contributed by atoms with van der Waals surface area (Å²) in [7, 11) is 1.34. The molecule has 1 aromatic carbocycles. The summed E-state index contributed by atoms with van der Waals surface area (Å²) in [6.07, 6.45) is 0. The Balaban J connectivity index is 2.36. The van der Waals surface area contributed by atoms with Crippen molar-refractivity contribution in [1.29, 1.82) is 0 Å². The molecule has 5 nitrogen and oxygen atoms in total. The molecule has 0 aliphatic carbocycles. The number of nitrogens with zero attached hydrogens (tertiary/aromatic N) is 2. The number of anilines is 1. The van der Waals surface area contributed by atoms with Crippen LogP contribution in [0.4, 0.5) is 5.69 Å². The van der Waals surface area contributed by atoms with Gasteiger partial charge in [-0.2, -0.15) is 0 Å². The number of aryl methyl sites for hydroxylation is 2. The molecule has 0 radical (unpaired) electrons. The quantitative estimate of drug-likeness (QED) is 0.693. The van der Waals surface area contributed by atoms with Crippen molar-refractivity contribution in [3.8, 4) is 0 Å². The van der Waals surface area contributed by atoms with Gasteiger partial charge in [0, 0.05) is 10.6 Å².